The zero-order chi connectivity index (χ0) is 11.6. The lowest BCUT2D eigenvalue weighted by Gasteiger charge is -2.34. The molecule has 2 aliphatic heterocycles. The van der Waals surface area contributed by atoms with E-state index in [9.17, 15) is 9.59 Å². The first-order valence-electron chi connectivity index (χ1n) is 5.33. The molecule has 0 spiro atoms. The first-order valence-corrected chi connectivity index (χ1v) is 5.33. The highest BCUT2D eigenvalue weighted by atomic mass is 16.5. The summed E-state index contributed by atoms with van der Waals surface area (Å²) in [6, 6.07) is 0. The van der Waals surface area contributed by atoms with Gasteiger partial charge in [0.1, 0.15) is 5.60 Å². The largest absolute Gasteiger partial charge is 0.378 e. The van der Waals surface area contributed by atoms with Gasteiger partial charge in [0, 0.05) is 20.1 Å². The number of hydrogen-bond acceptors (Lipinski definition) is 4. The molecule has 2 saturated heterocycles. The molecular weight excluding hydrogens is 212 g/mol. The number of rotatable bonds is 3. The maximum Gasteiger partial charge on any atom is 0.242 e. The van der Waals surface area contributed by atoms with Crippen LogP contribution in [0.5, 0.6) is 0 Å². The van der Waals surface area contributed by atoms with Gasteiger partial charge in [-0.25, -0.2) is 0 Å². The van der Waals surface area contributed by atoms with Crippen molar-refractivity contribution in [3.8, 4) is 0 Å². The Morgan fingerprint density at radius 2 is 2.38 bits per heavy atom. The number of methoxy groups -OCH3 is 1. The molecule has 1 atom stereocenters. The van der Waals surface area contributed by atoms with Crippen LogP contribution in [0.25, 0.3) is 0 Å². The summed E-state index contributed by atoms with van der Waals surface area (Å²) < 4.78 is 10.7. The first-order chi connectivity index (χ1) is 7.65. The second-order valence-corrected chi connectivity index (χ2v) is 4.22. The van der Waals surface area contributed by atoms with Crippen molar-refractivity contribution in [2.75, 3.05) is 40.0 Å². The first kappa shape index (κ1) is 11.3. The molecule has 6 heteroatoms. The van der Waals surface area contributed by atoms with Gasteiger partial charge >= 0.3 is 0 Å². The van der Waals surface area contributed by atoms with E-state index in [0.29, 0.717) is 19.8 Å². The number of nitrogens with zero attached hydrogens (tertiary/aromatic N) is 1. The summed E-state index contributed by atoms with van der Waals surface area (Å²) in [7, 11) is 1.61. The number of carbonyl (C=O) groups is 2. The molecular formula is C10H16N2O4. The smallest absolute Gasteiger partial charge is 0.242 e. The third-order valence-corrected chi connectivity index (χ3v) is 3.10. The fourth-order valence-corrected chi connectivity index (χ4v) is 2.03. The standard InChI is InChI=1S/C10H16N2O4/c1-15-10(2-3-16-7-10)6-12-5-8(13)11-4-9(12)14/h2-7H2,1H3,(H,11,13). The monoisotopic (exact) mass is 228 g/mol. The molecule has 2 amide bonds. The van der Waals surface area contributed by atoms with E-state index in [1.54, 1.807) is 7.11 Å². The van der Waals surface area contributed by atoms with E-state index in [1.165, 1.54) is 4.90 Å². The summed E-state index contributed by atoms with van der Waals surface area (Å²) in [6.45, 7) is 1.75. The summed E-state index contributed by atoms with van der Waals surface area (Å²) in [5, 5.41) is 2.51. The van der Waals surface area contributed by atoms with E-state index in [2.05, 4.69) is 5.32 Å². The number of nitrogens with one attached hydrogen (secondary N) is 1. The van der Waals surface area contributed by atoms with Crippen molar-refractivity contribution in [3.63, 3.8) is 0 Å². The fourth-order valence-electron chi connectivity index (χ4n) is 2.03. The normalized spacial score (nSPS) is 30.7. The maximum atomic E-state index is 11.6. The van der Waals surface area contributed by atoms with Crippen LogP contribution in [0.15, 0.2) is 0 Å². The van der Waals surface area contributed by atoms with Gasteiger partial charge in [-0.2, -0.15) is 0 Å². The van der Waals surface area contributed by atoms with Crippen molar-refractivity contribution in [2.24, 2.45) is 0 Å². The van der Waals surface area contributed by atoms with Gasteiger partial charge in [0.25, 0.3) is 0 Å². The van der Waals surface area contributed by atoms with E-state index in [4.69, 9.17) is 9.47 Å². The Bertz CT molecular complexity index is 299. The number of ether oxygens (including phenoxy) is 2. The minimum absolute atomic E-state index is 0.0667. The second-order valence-electron chi connectivity index (χ2n) is 4.22. The number of carbonyl (C=O) groups excluding carboxylic acids is 2. The van der Waals surface area contributed by atoms with Gasteiger partial charge in [0.15, 0.2) is 0 Å². The summed E-state index contributed by atoms with van der Waals surface area (Å²) in [5.74, 6) is -0.187. The Balaban J connectivity index is 2.01. The molecule has 2 rings (SSSR count). The topological polar surface area (TPSA) is 67.9 Å². The summed E-state index contributed by atoms with van der Waals surface area (Å²) in [4.78, 5) is 24.3. The molecule has 0 aromatic heterocycles. The van der Waals surface area contributed by atoms with Gasteiger partial charge < -0.3 is 19.7 Å². The average molecular weight is 228 g/mol. The van der Waals surface area contributed by atoms with Crippen LogP contribution in [0, 0.1) is 0 Å². The Morgan fingerprint density at radius 3 is 3.00 bits per heavy atom. The fraction of sp³-hybridized carbons (Fsp3) is 0.800. The molecule has 2 fully saturated rings. The van der Waals surface area contributed by atoms with Crippen LogP contribution >= 0.6 is 0 Å². The van der Waals surface area contributed by atoms with Gasteiger partial charge in [0.2, 0.25) is 11.8 Å². The molecule has 16 heavy (non-hydrogen) atoms. The zero-order valence-corrected chi connectivity index (χ0v) is 9.32. The van der Waals surface area contributed by atoms with E-state index in [-0.39, 0.29) is 24.9 Å². The SMILES string of the molecule is COC1(CN2CC(=O)NCC2=O)CCOC1. The van der Waals surface area contributed by atoms with Gasteiger partial charge in [-0.05, 0) is 0 Å². The summed E-state index contributed by atoms with van der Waals surface area (Å²) in [5.41, 5.74) is -0.437. The number of hydrogen-bond donors (Lipinski definition) is 1. The third kappa shape index (κ3) is 2.17. The Morgan fingerprint density at radius 1 is 1.56 bits per heavy atom. The summed E-state index contributed by atoms with van der Waals surface area (Å²) >= 11 is 0. The van der Waals surface area contributed by atoms with Crippen LogP contribution < -0.4 is 5.32 Å². The Hall–Kier alpha value is -1.14. The van der Waals surface area contributed by atoms with Crippen LogP contribution in [-0.4, -0.2) is 62.3 Å². The van der Waals surface area contributed by atoms with Gasteiger partial charge in [-0.15, -0.1) is 0 Å². The molecule has 0 aromatic rings. The lowest BCUT2D eigenvalue weighted by Crippen LogP contribution is -2.56. The van der Waals surface area contributed by atoms with E-state index >= 15 is 0 Å². The van der Waals surface area contributed by atoms with E-state index in [0.717, 1.165) is 6.42 Å². The Labute approximate surface area is 93.9 Å². The lowest BCUT2D eigenvalue weighted by atomic mass is 10.0. The molecule has 0 radical (unpaired) electrons. The molecule has 90 valence electrons. The zero-order valence-electron chi connectivity index (χ0n) is 9.32. The van der Waals surface area contributed by atoms with Crippen LogP contribution in [0.4, 0.5) is 0 Å². The lowest BCUT2D eigenvalue weighted by molar-refractivity contribution is -0.144. The summed E-state index contributed by atoms with van der Waals surface area (Å²) in [6.07, 6.45) is 0.759. The molecule has 0 saturated carbocycles. The van der Waals surface area contributed by atoms with Crippen LogP contribution in [0.1, 0.15) is 6.42 Å². The van der Waals surface area contributed by atoms with Crippen LogP contribution in [0.3, 0.4) is 0 Å². The van der Waals surface area contributed by atoms with Crippen LogP contribution in [0.2, 0.25) is 0 Å². The highest BCUT2D eigenvalue weighted by molar-refractivity contribution is 5.92. The van der Waals surface area contributed by atoms with Gasteiger partial charge in [0.05, 0.1) is 26.2 Å². The molecule has 1 N–H and O–H groups in total. The third-order valence-electron chi connectivity index (χ3n) is 3.10. The molecule has 0 aliphatic carbocycles. The van der Waals surface area contributed by atoms with Gasteiger partial charge in [-0.1, -0.05) is 0 Å². The average Bonchev–Trinajstić information content (AvgIpc) is 2.73. The molecule has 0 aromatic carbocycles. The van der Waals surface area contributed by atoms with Crippen molar-refractivity contribution >= 4 is 11.8 Å². The second kappa shape index (κ2) is 4.39. The van der Waals surface area contributed by atoms with Crippen molar-refractivity contribution < 1.29 is 19.1 Å². The molecule has 2 aliphatic rings. The molecule has 6 nitrogen and oxygen atoms in total. The predicted molar refractivity (Wildman–Crippen MR) is 54.8 cm³/mol. The number of amides is 2. The highest BCUT2D eigenvalue weighted by Gasteiger charge is 2.39. The van der Waals surface area contributed by atoms with Crippen molar-refractivity contribution in [1.29, 1.82) is 0 Å². The number of piperazine rings is 1. The van der Waals surface area contributed by atoms with Gasteiger partial charge in [-0.3, -0.25) is 9.59 Å². The van der Waals surface area contributed by atoms with E-state index in [1.807, 2.05) is 0 Å². The molecule has 2 heterocycles. The minimum atomic E-state index is -0.437. The highest BCUT2D eigenvalue weighted by Crippen LogP contribution is 2.24. The van der Waals surface area contributed by atoms with Crippen molar-refractivity contribution in [1.82, 2.24) is 10.2 Å². The molecule has 0 bridgehead atoms. The van der Waals surface area contributed by atoms with Crippen molar-refractivity contribution in [3.05, 3.63) is 0 Å². The quantitative estimate of drug-likeness (QED) is 0.655. The molecule has 1 unspecified atom stereocenters. The van der Waals surface area contributed by atoms with E-state index < -0.39 is 5.60 Å². The minimum Gasteiger partial charge on any atom is -0.378 e. The van der Waals surface area contributed by atoms with Crippen LogP contribution in [-0.2, 0) is 19.1 Å². The van der Waals surface area contributed by atoms with Crippen molar-refractivity contribution in [2.45, 2.75) is 12.0 Å². The predicted octanol–water partition coefficient (Wildman–Crippen LogP) is -1.25. The maximum absolute atomic E-state index is 11.6. The Kier molecular flexibility index (Phi) is 3.11.